The molecule has 2 aromatic rings. The zero-order valence-corrected chi connectivity index (χ0v) is 16.9. The molecule has 29 heavy (non-hydrogen) atoms. The summed E-state index contributed by atoms with van der Waals surface area (Å²) in [5, 5.41) is 0. The monoisotopic (exact) mass is 396 g/mol. The average Bonchev–Trinajstić information content (AvgIpc) is 2.80. The second kappa shape index (κ2) is 9.24. The normalized spacial score (nSPS) is 18.0. The molecule has 2 saturated heterocycles. The largest absolute Gasteiger partial charge is 0.497 e. The zero-order valence-electron chi connectivity index (χ0n) is 16.9. The van der Waals surface area contributed by atoms with Gasteiger partial charge in [0.15, 0.2) is 0 Å². The molecule has 0 N–H and O–H groups in total. The molecule has 2 aliphatic rings. The number of carbonyl (C=O) groups excluding carboxylic acids is 1. The second-order valence-electron chi connectivity index (χ2n) is 7.42. The van der Waals surface area contributed by atoms with Crippen molar-refractivity contribution in [2.24, 2.45) is 0 Å². The highest BCUT2D eigenvalue weighted by Crippen LogP contribution is 2.17. The molecule has 7 nitrogen and oxygen atoms in total. The summed E-state index contributed by atoms with van der Waals surface area (Å²) in [6.07, 6.45) is 1.71. The molecule has 3 heterocycles. The summed E-state index contributed by atoms with van der Waals surface area (Å²) in [7, 11) is 1.68. The number of aromatic nitrogens is 1. The highest BCUT2D eigenvalue weighted by molar-refractivity contribution is 5.94. The molecule has 1 aromatic heterocycles. The van der Waals surface area contributed by atoms with E-state index >= 15 is 0 Å². The fourth-order valence-corrected chi connectivity index (χ4v) is 3.77. The van der Waals surface area contributed by atoms with E-state index in [1.54, 1.807) is 13.3 Å². The molecule has 1 amide bonds. The minimum absolute atomic E-state index is 0.0649. The van der Waals surface area contributed by atoms with Crippen molar-refractivity contribution in [3.8, 4) is 5.75 Å². The highest BCUT2D eigenvalue weighted by Gasteiger charge is 2.23. The molecule has 7 heteroatoms. The predicted octanol–water partition coefficient (Wildman–Crippen LogP) is 1.88. The second-order valence-corrected chi connectivity index (χ2v) is 7.42. The minimum Gasteiger partial charge on any atom is -0.497 e. The lowest BCUT2D eigenvalue weighted by atomic mass is 10.1. The molecule has 0 atom stereocenters. The summed E-state index contributed by atoms with van der Waals surface area (Å²) in [6.45, 7) is 7.25. The smallest absolute Gasteiger partial charge is 0.255 e. The van der Waals surface area contributed by atoms with Crippen LogP contribution in [0.15, 0.2) is 42.6 Å². The number of benzene rings is 1. The van der Waals surface area contributed by atoms with Crippen LogP contribution >= 0.6 is 0 Å². The van der Waals surface area contributed by atoms with Gasteiger partial charge in [0.25, 0.3) is 5.91 Å². The standard InChI is InChI=1S/C22H28N4O3/c1-28-20-5-2-18(3-6-20)17-24-8-10-26(11-9-24)22(27)19-4-7-21(23-16-19)25-12-14-29-15-13-25/h2-7,16H,8-15,17H2,1H3. The van der Waals surface area contributed by atoms with Crippen LogP contribution in [-0.4, -0.2) is 80.3 Å². The van der Waals surface area contributed by atoms with Crippen molar-refractivity contribution in [3.63, 3.8) is 0 Å². The molecule has 0 radical (unpaired) electrons. The van der Waals surface area contributed by atoms with E-state index in [1.165, 1.54) is 5.56 Å². The summed E-state index contributed by atoms with van der Waals surface area (Å²) in [4.78, 5) is 23.8. The Morgan fingerprint density at radius 3 is 2.34 bits per heavy atom. The maximum Gasteiger partial charge on any atom is 0.255 e. The Balaban J connectivity index is 1.29. The SMILES string of the molecule is COc1ccc(CN2CCN(C(=O)c3ccc(N4CCOCC4)nc3)CC2)cc1. The number of carbonyl (C=O) groups is 1. The van der Waals surface area contributed by atoms with Crippen LogP contribution in [0.2, 0.25) is 0 Å². The Morgan fingerprint density at radius 1 is 1.00 bits per heavy atom. The number of hydrogen-bond acceptors (Lipinski definition) is 6. The first kappa shape index (κ1) is 19.7. The first-order valence-corrected chi connectivity index (χ1v) is 10.2. The van der Waals surface area contributed by atoms with Crippen LogP contribution in [0.4, 0.5) is 5.82 Å². The molecule has 0 aliphatic carbocycles. The molecule has 2 fully saturated rings. The third kappa shape index (κ3) is 4.86. The first-order chi connectivity index (χ1) is 14.2. The van der Waals surface area contributed by atoms with E-state index in [9.17, 15) is 4.79 Å². The van der Waals surface area contributed by atoms with Gasteiger partial charge in [0, 0.05) is 52.0 Å². The van der Waals surface area contributed by atoms with E-state index in [0.29, 0.717) is 5.56 Å². The van der Waals surface area contributed by atoms with Crippen molar-refractivity contribution in [1.82, 2.24) is 14.8 Å². The topological polar surface area (TPSA) is 58.1 Å². The number of pyridine rings is 1. The molecule has 0 unspecified atom stereocenters. The van der Waals surface area contributed by atoms with Crippen molar-refractivity contribution in [2.75, 3.05) is 64.5 Å². The van der Waals surface area contributed by atoms with Gasteiger partial charge >= 0.3 is 0 Å². The fraction of sp³-hybridized carbons (Fsp3) is 0.455. The molecule has 2 aliphatic heterocycles. The Morgan fingerprint density at radius 2 is 1.72 bits per heavy atom. The number of morpholine rings is 1. The lowest BCUT2D eigenvalue weighted by Gasteiger charge is -2.35. The van der Waals surface area contributed by atoms with Gasteiger partial charge in [-0.15, -0.1) is 0 Å². The number of nitrogens with zero attached hydrogens (tertiary/aromatic N) is 4. The molecule has 0 bridgehead atoms. The van der Waals surface area contributed by atoms with Crippen LogP contribution in [0, 0.1) is 0 Å². The number of hydrogen-bond donors (Lipinski definition) is 0. The molecule has 4 rings (SSSR count). The van der Waals surface area contributed by atoms with Crippen molar-refractivity contribution in [1.29, 1.82) is 0 Å². The third-order valence-corrected chi connectivity index (χ3v) is 5.55. The van der Waals surface area contributed by atoms with E-state index in [-0.39, 0.29) is 5.91 Å². The van der Waals surface area contributed by atoms with Crippen LogP contribution in [0.25, 0.3) is 0 Å². The number of methoxy groups -OCH3 is 1. The third-order valence-electron chi connectivity index (χ3n) is 5.55. The maximum absolute atomic E-state index is 12.8. The Kier molecular flexibility index (Phi) is 6.27. The zero-order chi connectivity index (χ0) is 20.1. The lowest BCUT2D eigenvalue weighted by molar-refractivity contribution is 0.0628. The van der Waals surface area contributed by atoms with Gasteiger partial charge < -0.3 is 19.3 Å². The number of amides is 1. The Bertz CT molecular complexity index is 796. The average molecular weight is 396 g/mol. The lowest BCUT2D eigenvalue weighted by Crippen LogP contribution is -2.48. The van der Waals surface area contributed by atoms with Crippen LogP contribution < -0.4 is 9.64 Å². The van der Waals surface area contributed by atoms with Crippen LogP contribution in [0.3, 0.4) is 0 Å². The van der Waals surface area contributed by atoms with Gasteiger partial charge in [0.05, 0.1) is 25.9 Å². The van der Waals surface area contributed by atoms with E-state index in [0.717, 1.165) is 70.6 Å². The van der Waals surface area contributed by atoms with Crippen LogP contribution in [-0.2, 0) is 11.3 Å². The first-order valence-electron chi connectivity index (χ1n) is 10.2. The van der Waals surface area contributed by atoms with Crippen molar-refractivity contribution >= 4 is 11.7 Å². The van der Waals surface area contributed by atoms with Gasteiger partial charge in [-0.2, -0.15) is 0 Å². The molecule has 0 spiro atoms. The number of anilines is 1. The quantitative estimate of drug-likeness (QED) is 0.769. The van der Waals surface area contributed by atoms with E-state index in [1.807, 2.05) is 29.2 Å². The maximum atomic E-state index is 12.8. The predicted molar refractivity (Wildman–Crippen MR) is 111 cm³/mol. The van der Waals surface area contributed by atoms with Gasteiger partial charge in [0.2, 0.25) is 0 Å². The number of piperazine rings is 1. The van der Waals surface area contributed by atoms with E-state index in [4.69, 9.17) is 9.47 Å². The summed E-state index contributed by atoms with van der Waals surface area (Å²) >= 11 is 0. The van der Waals surface area contributed by atoms with Crippen molar-refractivity contribution in [3.05, 3.63) is 53.7 Å². The van der Waals surface area contributed by atoms with Gasteiger partial charge in [-0.3, -0.25) is 9.69 Å². The van der Waals surface area contributed by atoms with Crippen LogP contribution in [0.1, 0.15) is 15.9 Å². The molecule has 1 aromatic carbocycles. The summed E-state index contributed by atoms with van der Waals surface area (Å²) in [5.74, 6) is 1.85. The van der Waals surface area contributed by atoms with Crippen molar-refractivity contribution < 1.29 is 14.3 Å². The molecular weight excluding hydrogens is 368 g/mol. The molecule has 0 saturated carbocycles. The number of rotatable bonds is 5. The van der Waals surface area contributed by atoms with Crippen molar-refractivity contribution in [2.45, 2.75) is 6.54 Å². The van der Waals surface area contributed by atoms with Gasteiger partial charge in [-0.05, 0) is 29.8 Å². The van der Waals surface area contributed by atoms with Gasteiger partial charge in [0.1, 0.15) is 11.6 Å². The van der Waals surface area contributed by atoms with Gasteiger partial charge in [-0.25, -0.2) is 4.98 Å². The molecule has 154 valence electrons. The van der Waals surface area contributed by atoms with E-state index < -0.39 is 0 Å². The highest BCUT2D eigenvalue weighted by atomic mass is 16.5. The summed E-state index contributed by atoms with van der Waals surface area (Å²) < 4.78 is 10.6. The van der Waals surface area contributed by atoms with Crippen LogP contribution in [0.5, 0.6) is 5.75 Å². The summed E-state index contributed by atoms with van der Waals surface area (Å²) in [6, 6.07) is 12.0. The Labute approximate surface area is 171 Å². The fourth-order valence-electron chi connectivity index (χ4n) is 3.77. The summed E-state index contributed by atoms with van der Waals surface area (Å²) in [5.41, 5.74) is 1.92. The minimum atomic E-state index is 0.0649. The Hall–Kier alpha value is -2.64. The number of ether oxygens (including phenoxy) is 2. The van der Waals surface area contributed by atoms with E-state index in [2.05, 4.69) is 26.9 Å². The molecular formula is C22H28N4O3. The van der Waals surface area contributed by atoms with Gasteiger partial charge in [-0.1, -0.05) is 12.1 Å².